The third kappa shape index (κ3) is 3.08. The van der Waals surface area contributed by atoms with E-state index in [2.05, 4.69) is 24.2 Å². The number of furan rings is 1. The Balaban J connectivity index is 2.61. The molecule has 3 N–H and O–H groups in total. The van der Waals surface area contributed by atoms with Crippen LogP contribution in [0.4, 0.5) is 0 Å². The molecule has 0 aliphatic heterocycles. The molecule has 16 heavy (non-hydrogen) atoms. The van der Waals surface area contributed by atoms with Crippen LogP contribution in [-0.2, 0) is 6.54 Å². The Hall–Kier alpha value is -1.33. The first-order chi connectivity index (χ1) is 7.58. The van der Waals surface area contributed by atoms with E-state index >= 15 is 0 Å². The van der Waals surface area contributed by atoms with E-state index in [4.69, 9.17) is 10.3 Å². The Bertz CT molecular complexity index is 349. The van der Waals surface area contributed by atoms with Crippen LogP contribution in [0.5, 0.6) is 0 Å². The number of carbonyl (C=O) groups excluding carboxylic acids is 1. The van der Waals surface area contributed by atoms with Crippen molar-refractivity contribution in [3.63, 3.8) is 0 Å². The Morgan fingerprint density at radius 1 is 1.69 bits per heavy atom. The van der Waals surface area contributed by atoms with Crippen molar-refractivity contribution in [1.29, 1.82) is 0 Å². The predicted molar refractivity (Wildman–Crippen MR) is 61.6 cm³/mol. The molecule has 1 amide bonds. The molecule has 0 radical (unpaired) electrons. The van der Waals surface area contributed by atoms with Crippen LogP contribution in [0.15, 0.2) is 16.7 Å². The van der Waals surface area contributed by atoms with E-state index in [1.165, 1.54) is 6.26 Å². The smallest absolute Gasteiger partial charge is 0.268 e. The number of nitrogens with one attached hydrogen (secondary N) is 1. The number of nitrogens with two attached hydrogens (primary N) is 1. The highest BCUT2D eigenvalue weighted by atomic mass is 16.3. The lowest BCUT2D eigenvalue weighted by Gasteiger charge is -2.21. The number of nitrogens with zero attached hydrogens (tertiary/aromatic N) is 1. The molecule has 0 aliphatic carbocycles. The maximum atomic E-state index is 11.2. The molecular weight excluding hydrogens is 206 g/mol. The summed E-state index contributed by atoms with van der Waals surface area (Å²) in [6, 6.07) is 2.19. The summed E-state index contributed by atoms with van der Waals surface area (Å²) < 4.78 is 5.29. The zero-order valence-electron chi connectivity index (χ0n) is 9.99. The zero-order valence-corrected chi connectivity index (χ0v) is 9.99. The Morgan fingerprint density at radius 2 is 2.38 bits per heavy atom. The van der Waals surface area contributed by atoms with E-state index < -0.39 is 0 Å². The molecule has 90 valence electrons. The maximum absolute atomic E-state index is 11.2. The van der Waals surface area contributed by atoms with Gasteiger partial charge in [0, 0.05) is 6.04 Å². The van der Waals surface area contributed by atoms with E-state index in [-0.39, 0.29) is 5.91 Å². The van der Waals surface area contributed by atoms with Gasteiger partial charge in [-0.1, -0.05) is 6.92 Å². The normalized spacial score (nSPS) is 12.8. The summed E-state index contributed by atoms with van der Waals surface area (Å²) in [4.78, 5) is 13.4. The minimum atomic E-state index is -0.332. The van der Waals surface area contributed by atoms with Gasteiger partial charge >= 0.3 is 0 Å². The average molecular weight is 225 g/mol. The summed E-state index contributed by atoms with van der Waals surface area (Å²) in [5, 5.41) is 0. The monoisotopic (exact) mass is 225 g/mol. The lowest BCUT2D eigenvalue weighted by atomic mass is 10.2. The van der Waals surface area contributed by atoms with Gasteiger partial charge in [0.1, 0.15) is 12.0 Å². The molecule has 0 aromatic carbocycles. The fraction of sp³-hybridized carbons (Fsp3) is 0.545. The van der Waals surface area contributed by atoms with E-state index in [1.807, 2.05) is 7.05 Å². The van der Waals surface area contributed by atoms with Crippen LogP contribution in [0, 0.1) is 0 Å². The van der Waals surface area contributed by atoms with Gasteiger partial charge in [-0.2, -0.15) is 0 Å². The quantitative estimate of drug-likeness (QED) is 0.447. The molecule has 0 saturated heterocycles. The summed E-state index contributed by atoms with van der Waals surface area (Å²) in [6.07, 6.45) is 2.50. The van der Waals surface area contributed by atoms with Crippen LogP contribution >= 0.6 is 0 Å². The lowest BCUT2D eigenvalue weighted by Crippen LogP contribution is -2.29. The number of hydrogen-bond donors (Lipinski definition) is 2. The topological polar surface area (TPSA) is 71.5 Å². The zero-order chi connectivity index (χ0) is 12.1. The highest BCUT2D eigenvalue weighted by Crippen LogP contribution is 2.12. The van der Waals surface area contributed by atoms with E-state index in [0.717, 1.165) is 12.2 Å². The molecular formula is C11H19N3O2. The van der Waals surface area contributed by atoms with Crippen LogP contribution in [0.2, 0.25) is 0 Å². The molecule has 1 rings (SSSR count). The van der Waals surface area contributed by atoms with Crippen molar-refractivity contribution in [2.75, 3.05) is 7.05 Å². The standard InChI is InChI=1S/C11H19N3O2/c1-4-8(2)14(3)6-10-5-9(7-16-10)11(15)13-12/h5,7-8H,4,6,12H2,1-3H3,(H,13,15). The van der Waals surface area contributed by atoms with E-state index in [9.17, 15) is 4.79 Å². The van der Waals surface area contributed by atoms with E-state index in [1.54, 1.807) is 6.07 Å². The summed E-state index contributed by atoms with van der Waals surface area (Å²) >= 11 is 0. The van der Waals surface area contributed by atoms with Crippen LogP contribution in [0.1, 0.15) is 36.4 Å². The molecule has 0 aliphatic rings. The molecule has 1 atom stereocenters. The second kappa shape index (κ2) is 5.67. The predicted octanol–water partition coefficient (Wildman–Crippen LogP) is 1.11. The van der Waals surface area contributed by atoms with Crippen molar-refractivity contribution in [1.82, 2.24) is 10.3 Å². The van der Waals surface area contributed by atoms with Gasteiger partial charge in [-0.3, -0.25) is 15.1 Å². The minimum Gasteiger partial charge on any atom is -0.467 e. The number of nitrogen functional groups attached to an aromatic ring is 1. The fourth-order valence-electron chi connectivity index (χ4n) is 1.38. The first-order valence-corrected chi connectivity index (χ1v) is 5.37. The Labute approximate surface area is 95.6 Å². The van der Waals surface area contributed by atoms with Gasteiger partial charge in [0.15, 0.2) is 0 Å². The largest absolute Gasteiger partial charge is 0.467 e. The van der Waals surface area contributed by atoms with Gasteiger partial charge < -0.3 is 4.42 Å². The van der Waals surface area contributed by atoms with Gasteiger partial charge in [-0.25, -0.2) is 5.84 Å². The molecule has 0 saturated carbocycles. The second-order valence-corrected chi connectivity index (χ2v) is 3.95. The summed E-state index contributed by atoms with van der Waals surface area (Å²) in [5.41, 5.74) is 2.52. The number of hydrogen-bond acceptors (Lipinski definition) is 4. The van der Waals surface area contributed by atoms with Gasteiger partial charge in [0.05, 0.1) is 12.1 Å². The molecule has 1 heterocycles. The van der Waals surface area contributed by atoms with E-state index in [0.29, 0.717) is 18.2 Å². The van der Waals surface area contributed by atoms with Gasteiger partial charge in [-0.05, 0) is 26.5 Å². The molecule has 1 aromatic heterocycles. The minimum absolute atomic E-state index is 0.332. The Morgan fingerprint density at radius 3 is 2.94 bits per heavy atom. The van der Waals surface area contributed by atoms with Crippen molar-refractivity contribution in [3.8, 4) is 0 Å². The second-order valence-electron chi connectivity index (χ2n) is 3.95. The molecule has 0 fully saturated rings. The van der Waals surface area contributed by atoms with Crippen LogP contribution < -0.4 is 11.3 Å². The van der Waals surface area contributed by atoms with Crippen molar-refractivity contribution >= 4 is 5.91 Å². The highest BCUT2D eigenvalue weighted by molar-refractivity contribution is 5.93. The van der Waals surface area contributed by atoms with Crippen molar-refractivity contribution in [2.45, 2.75) is 32.9 Å². The Kier molecular flexibility index (Phi) is 4.52. The van der Waals surface area contributed by atoms with Crippen molar-refractivity contribution in [2.24, 2.45) is 5.84 Å². The average Bonchev–Trinajstić information content (AvgIpc) is 2.75. The fourth-order valence-corrected chi connectivity index (χ4v) is 1.38. The molecule has 5 nitrogen and oxygen atoms in total. The highest BCUT2D eigenvalue weighted by Gasteiger charge is 2.12. The summed E-state index contributed by atoms with van der Waals surface area (Å²) in [6.45, 7) is 4.97. The molecule has 1 aromatic rings. The lowest BCUT2D eigenvalue weighted by molar-refractivity contribution is 0.0953. The summed E-state index contributed by atoms with van der Waals surface area (Å²) in [7, 11) is 2.03. The third-order valence-electron chi connectivity index (χ3n) is 2.80. The molecule has 0 bridgehead atoms. The van der Waals surface area contributed by atoms with Crippen molar-refractivity contribution < 1.29 is 9.21 Å². The third-order valence-corrected chi connectivity index (χ3v) is 2.80. The van der Waals surface area contributed by atoms with Gasteiger partial charge in [0.2, 0.25) is 0 Å². The van der Waals surface area contributed by atoms with Gasteiger partial charge in [-0.15, -0.1) is 0 Å². The van der Waals surface area contributed by atoms with Gasteiger partial charge in [0.25, 0.3) is 5.91 Å². The first-order valence-electron chi connectivity index (χ1n) is 5.37. The number of rotatable bonds is 5. The molecule has 5 heteroatoms. The number of carbonyl (C=O) groups is 1. The first kappa shape index (κ1) is 12.7. The summed E-state index contributed by atoms with van der Waals surface area (Å²) in [5.74, 6) is 5.47. The molecule has 0 spiro atoms. The van der Waals surface area contributed by atoms with Crippen molar-refractivity contribution in [3.05, 3.63) is 23.7 Å². The van der Waals surface area contributed by atoms with Crippen LogP contribution in [-0.4, -0.2) is 23.9 Å². The molecule has 1 unspecified atom stereocenters. The number of amides is 1. The maximum Gasteiger partial charge on any atom is 0.268 e. The van der Waals surface area contributed by atoms with Crippen LogP contribution in [0.3, 0.4) is 0 Å². The SMILES string of the molecule is CCC(C)N(C)Cc1cc(C(=O)NN)co1. The number of hydrazine groups is 1. The van der Waals surface area contributed by atoms with Crippen LogP contribution in [0.25, 0.3) is 0 Å².